The molecule has 0 aromatic carbocycles. The standard InChI is InChI=1S/C53H98O15/c1-3-5-7-9-11-13-14-15-16-17-18-19-20-21-22-23-24-25-26-28-30-32-34-36-45(56)66-41(38-63-44(55)35-33-31-29-27-12-10-8-6-4-2)39-64-52-51(62)49(60)47(58)43(68-52)40-65-53-50(61)48(59)46(57)42(37-54)67-53/h28,30,41-43,46-54,57-62H,3-27,29,31-40H2,1-2H3/b30-28+/t41-,42+,43+,46-,47-,48?,49?,50?,51?,52+,53+/m1/s1. The van der Waals surface area contributed by atoms with Crippen LogP contribution in [0.2, 0.25) is 0 Å². The number of unbranched alkanes of at least 4 members (excludes halogenated alkanes) is 27. The zero-order valence-corrected chi connectivity index (χ0v) is 42.4. The summed E-state index contributed by atoms with van der Waals surface area (Å²) in [6, 6.07) is 0. The number of rotatable bonds is 43. The van der Waals surface area contributed by atoms with E-state index < -0.39 is 92.7 Å². The average molecular weight is 975 g/mol. The molecule has 7 N–H and O–H groups in total. The molecule has 0 aromatic heterocycles. The molecular formula is C53H98O15. The fourth-order valence-corrected chi connectivity index (χ4v) is 8.75. The van der Waals surface area contributed by atoms with E-state index in [4.69, 9.17) is 28.4 Å². The third-order valence-electron chi connectivity index (χ3n) is 13.2. The van der Waals surface area contributed by atoms with E-state index in [1.807, 2.05) is 0 Å². The lowest BCUT2D eigenvalue weighted by Gasteiger charge is -2.42. The van der Waals surface area contributed by atoms with E-state index in [9.17, 15) is 45.3 Å². The zero-order valence-electron chi connectivity index (χ0n) is 42.4. The highest BCUT2D eigenvalue weighted by Gasteiger charge is 2.47. The summed E-state index contributed by atoms with van der Waals surface area (Å²) in [4.78, 5) is 25.7. The van der Waals surface area contributed by atoms with Crippen LogP contribution in [-0.4, -0.2) is 142 Å². The van der Waals surface area contributed by atoms with Gasteiger partial charge in [0.25, 0.3) is 0 Å². The van der Waals surface area contributed by atoms with Gasteiger partial charge in [0.1, 0.15) is 55.4 Å². The van der Waals surface area contributed by atoms with E-state index in [2.05, 4.69) is 26.0 Å². The molecule has 15 heteroatoms. The van der Waals surface area contributed by atoms with E-state index in [0.29, 0.717) is 19.3 Å². The fraction of sp³-hybridized carbons (Fsp3) is 0.925. The molecule has 11 atom stereocenters. The van der Waals surface area contributed by atoms with Gasteiger partial charge in [0.15, 0.2) is 18.7 Å². The smallest absolute Gasteiger partial charge is 0.306 e. The molecule has 0 aromatic rings. The second-order valence-corrected chi connectivity index (χ2v) is 19.4. The van der Waals surface area contributed by atoms with Gasteiger partial charge in [0, 0.05) is 12.8 Å². The number of hydrogen-bond donors (Lipinski definition) is 7. The predicted octanol–water partition coefficient (Wildman–Crippen LogP) is 8.16. The molecule has 15 nitrogen and oxygen atoms in total. The quantitative estimate of drug-likeness (QED) is 0.0174. The van der Waals surface area contributed by atoms with Crippen LogP contribution in [-0.2, 0) is 38.0 Å². The first-order valence-corrected chi connectivity index (χ1v) is 27.3. The zero-order chi connectivity index (χ0) is 49.6. The van der Waals surface area contributed by atoms with E-state index in [1.165, 1.54) is 141 Å². The van der Waals surface area contributed by atoms with Crippen molar-refractivity contribution < 1.29 is 73.8 Å². The van der Waals surface area contributed by atoms with Gasteiger partial charge in [-0.3, -0.25) is 9.59 Å². The van der Waals surface area contributed by atoms with Crippen molar-refractivity contribution in [2.75, 3.05) is 26.4 Å². The van der Waals surface area contributed by atoms with Gasteiger partial charge in [-0.15, -0.1) is 0 Å². The van der Waals surface area contributed by atoms with Crippen molar-refractivity contribution in [2.24, 2.45) is 0 Å². The number of carbonyl (C=O) groups is 2. The minimum atomic E-state index is -1.76. The van der Waals surface area contributed by atoms with E-state index >= 15 is 0 Å². The Balaban J connectivity index is 1.73. The molecule has 0 spiro atoms. The summed E-state index contributed by atoms with van der Waals surface area (Å²) >= 11 is 0. The highest BCUT2D eigenvalue weighted by molar-refractivity contribution is 5.70. The topological polar surface area (TPSA) is 231 Å². The Kier molecular flexibility index (Phi) is 37.4. The second-order valence-electron chi connectivity index (χ2n) is 19.4. The largest absolute Gasteiger partial charge is 0.462 e. The summed E-state index contributed by atoms with van der Waals surface area (Å²) in [5.74, 6) is -0.955. The molecule has 2 heterocycles. The van der Waals surface area contributed by atoms with Crippen molar-refractivity contribution in [2.45, 2.75) is 287 Å². The molecule has 68 heavy (non-hydrogen) atoms. The van der Waals surface area contributed by atoms with Gasteiger partial charge in [-0.1, -0.05) is 187 Å². The molecule has 0 saturated carbocycles. The minimum absolute atomic E-state index is 0.122. The second kappa shape index (κ2) is 40.8. The normalized spacial score (nSPS) is 25.8. The molecule has 2 fully saturated rings. The van der Waals surface area contributed by atoms with Crippen molar-refractivity contribution in [3.8, 4) is 0 Å². The molecule has 0 bridgehead atoms. The minimum Gasteiger partial charge on any atom is -0.462 e. The summed E-state index contributed by atoms with van der Waals surface area (Å²) in [7, 11) is 0. The molecule has 0 aliphatic carbocycles. The fourth-order valence-electron chi connectivity index (χ4n) is 8.75. The molecule has 400 valence electrons. The maximum Gasteiger partial charge on any atom is 0.306 e. The van der Waals surface area contributed by atoms with Gasteiger partial charge in [0.2, 0.25) is 0 Å². The number of esters is 2. The van der Waals surface area contributed by atoms with Crippen LogP contribution >= 0.6 is 0 Å². The number of ether oxygens (including phenoxy) is 6. The summed E-state index contributed by atoms with van der Waals surface area (Å²) in [6.45, 7) is 2.57. The molecule has 0 amide bonds. The van der Waals surface area contributed by atoms with Gasteiger partial charge in [-0.2, -0.15) is 0 Å². The number of aliphatic hydroxyl groups excluding tert-OH is 7. The van der Waals surface area contributed by atoms with Crippen molar-refractivity contribution >= 4 is 11.9 Å². The Bertz CT molecular complexity index is 1240. The maximum atomic E-state index is 13.0. The van der Waals surface area contributed by atoms with Crippen molar-refractivity contribution in [3.05, 3.63) is 12.2 Å². The third-order valence-corrected chi connectivity index (χ3v) is 13.2. The Labute approximate surface area is 410 Å². The maximum absolute atomic E-state index is 13.0. The summed E-state index contributed by atoms with van der Waals surface area (Å²) in [6.07, 6.45) is 24.2. The Morgan fingerprint density at radius 1 is 0.456 bits per heavy atom. The Morgan fingerprint density at radius 3 is 1.34 bits per heavy atom. The lowest BCUT2D eigenvalue weighted by Crippen LogP contribution is -2.61. The molecule has 2 aliphatic rings. The van der Waals surface area contributed by atoms with Crippen molar-refractivity contribution in [1.29, 1.82) is 0 Å². The molecule has 0 radical (unpaired) electrons. The molecule has 2 rings (SSSR count). The van der Waals surface area contributed by atoms with Crippen LogP contribution in [0.25, 0.3) is 0 Å². The van der Waals surface area contributed by atoms with Crippen molar-refractivity contribution in [3.63, 3.8) is 0 Å². The van der Waals surface area contributed by atoms with Gasteiger partial charge in [-0.25, -0.2) is 0 Å². The number of carbonyl (C=O) groups excluding carboxylic acids is 2. The van der Waals surface area contributed by atoms with Gasteiger partial charge < -0.3 is 64.2 Å². The SMILES string of the molecule is CCCCCCCCCCCCCCCCCCCC/C=C/CCCC(=O)O[C@H](COC(=O)CCCCCCCCCCC)CO[C@H]1O[C@@H](CO[C@H]2O[C@@H](CO)[C@@H](O)C(O)C2O)[C@@H](O)C(O)C1O. The van der Waals surface area contributed by atoms with Crippen molar-refractivity contribution in [1.82, 2.24) is 0 Å². The van der Waals surface area contributed by atoms with E-state index in [0.717, 1.165) is 32.1 Å². The average Bonchev–Trinajstić information content (AvgIpc) is 3.33. The lowest BCUT2D eigenvalue weighted by atomic mass is 9.98. The highest BCUT2D eigenvalue weighted by atomic mass is 16.7. The van der Waals surface area contributed by atoms with Crippen LogP contribution in [0.4, 0.5) is 0 Å². The number of allylic oxidation sites excluding steroid dienone is 2. The van der Waals surface area contributed by atoms with Crippen LogP contribution in [0, 0.1) is 0 Å². The number of hydrogen-bond acceptors (Lipinski definition) is 15. The van der Waals surface area contributed by atoms with Gasteiger partial charge in [0.05, 0.1) is 19.8 Å². The summed E-state index contributed by atoms with van der Waals surface area (Å²) in [5.41, 5.74) is 0. The van der Waals surface area contributed by atoms with Crippen LogP contribution in [0.1, 0.15) is 219 Å². The van der Waals surface area contributed by atoms with Gasteiger partial charge >= 0.3 is 11.9 Å². The first kappa shape index (κ1) is 62.4. The van der Waals surface area contributed by atoms with Gasteiger partial charge in [-0.05, 0) is 32.1 Å². The molecule has 2 aliphatic heterocycles. The van der Waals surface area contributed by atoms with Crippen LogP contribution in [0.3, 0.4) is 0 Å². The summed E-state index contributed by atoms with van der Waals surface area (Å²) < 4.78 is 33.5. The first-order chi connectivity index (χ1) is 33.0. The molecule has 4 unspecified atom stereocenters. The Hall–Kier alpha value is -1.76. The van der Waals surface area contributed by atoms with Crippen LogP contribution in [0.5, 0.6) is 0 Å². The van der Waals surface area contributed by atoms with Crippen LogP contribution < -0.4 is 0 Å². The lowest BCUT2D eigenvalue weighted by molar-refractivity contribution is -0.332. The Morgan fingerprint density at radius 2 is 0.853 bits per heavy atom. The highest BCUT2D eigenvalue weighted by Crippen LogP contribution is 2.27. The third kappa shape index (κ3) is 28.3. The number of aliphatic hydroxyl groups is 7. The molecule has 2 saturated heterocycles. The van der Waals surface area contributed by atoms with E-state index in [-0.39, 0.29) is 26.1 Å². The molecular weight excluding hydrogens is 877 g/mol. The predicted molar refractivity (Wildman–Crippen MR) is 261 cm³/mol. The van der Waals surface area contributed by atoms with Crippen LogP contribution in [0.15, 0.2) is 12.2 Å². The monoisotopic (exact) mass is 975 g/mol. The first-order valence-electron chi connectivity index (χ1n) is 27.3. The summed E-state index contributed by atoms with van der Waals surface area (Å²) in [5, 5.41) is 72.0. The van der Waals surface area contributed by atoms with E-state index in [1.54, 1.807) is 0 Å².